The number of aryl methyl sites for hydroxylation is 1. The molecule has 0 bridgehead atoms. The van der Waals surface area contributed by atoms with E-state index in [4.69, 9.17) is 4.74 Å². The molecule has 0 saturated carbocycles. The highest BCUT2D eigenvalue weighted by molar-refractivity contribution is 7.88. The predicted molar refractivity (Wildman–Crippen MR) is 106 cm³/mol. The van der Waals surface area contributed by atoms with E-state index in [2.05, 4.69) is 5.32 Å². The fourth-order valence-corrected chi connectivity index (χ4v) is 3.17. The first-order chi connectivity index (χ1) is 12.8. The minimum Gasteiger partial charge on any atom is -0.375 e. The van der Waals surface area contributed by atoms with Crippen LogP contribution in [-0.2, 0) is 32.7 Å². The number of nitrogens with one attached hydrogen (secondary N) is 1. The quantitative estimate of drug-likeness (QED) is 0.631. The Kier molecular flexibility index (Phi) is 7.97. The molecule has 1 N–H and O–H groups in total. The van der Waals surface area contributed by atoms with Gasteiger partial charge in [0, 0.05) is 13.1 Å². The van der Waals surface area contributed by atoms with Crippen molar-refractivity contribution in [3.05, 3.63) is 71.3 Å². The van der Waals surface area contributed by atoms with Crippen LogP contribution in [0, 0.1) is 6.92 Å². The van der Waals surface area contributed by atoms with Gasteiger partial charge >= 0.3 is 0 Å². The first kappa shape index (κ1) is 21.1. The van der Waals surface area contributed by atoms with Crippen LogP contribution in [0.5, 0.6) is 0 Å². The number of benzene rings is 2. The number of sulfonamides is 1. The van der Waals surface area contributed by atoms with Gasteiger partial charge in [-0.05, 0) is 18.1 Å². The fourth-order valence-electron chi connectivity index (χ4n) is 2.43. The lowest BCUT2D eigenvalue weighted by molar-refractivity contribution is -0.121. The molecular weight excluding hydrogens is 364 g/mol. The van der Waals surface area contributed by atoms with E-state index in [0.29, 0.717) is 19.8 Å². The van der Waals surface area contributed by atoms with Crippen LogP contribution in [0.15, 0.2) is 54.6 Å². The Morgan fingerprint density at radius 3 is 2.33 bits per heavy atom. The molecule has 2 aromatic rings. The molecule has 0 aliphatic carbocycles. The predicted octanol–water partition coefficient (Wildman–Crippen LogP) is 2.09. The third-order valence-electron chi connectivity index (χ3n) is 3.95. The van der Waals surface area contributed by atoms with Gasteiger partial charge in [0.05, 0.1) is 26.0 Å². The number of ether oxygens (including phenoxy) is 1. The van der Waals surface area contributed by atoms with Crippen LogP contribution in [0.2, 0.25) is 0 Å². The molecule has 146 valence electrons. The van der Waals surface area contributed by atoms with E-state index < -0.39 is 10.0 Å². The molecular formula is C20H26N2O4S. The number of amides is 1. The zero-order valence-electron chi connectivity index (χ0n) is 15.7. The van der Waals surface area contributed by atoms with E-state index in [-0.39, 0.29) is 19.0 Å². The van der Waals surface area contributed by atoms with Crippen LogP contribution >= 0.6 is 0 Å². The second-order valence-corrected chi connectivity index (χ2v) is 8.39. The number of carbonyl (C=O) groups excluding carboxylic acids is 1. The van der Waals surface area contributed by atoms with Gasteiger partial charge in [-0.3, -0.25) is 4.79 Å². The van der Waals surface area contributed by atoms with Crippen LogP contribution in [0.25, 0.3) is 0 Å². The summed E-state index contributed by atoms with van der Waals surface area (Å²) in [6, 6.07) is 17.3. The summed E-state index contributed by atoms with van der Waals surface area (Å²) in [5.41, 5.74) is 2.99. The number of rotatable bonds is 10. The Balaban J connectivity index is 1.77. The second kappa shape index (κ2) is 10.2. The molecule has 0 aromatic heterocycles. The molecule has 1 amide bonds. The zero-order valence-corrected chi connectivity index (χ0v) is 16.5. The van der Waals surface area contributed by atoms with Crippen molar-refractivity contribution in [2.24, 2.45) is 0 Å². The van der Waals surface area contributed by atoms with Crippen molar-refractivity contribution in [1.29, 1.82) is 0 Å². The van der Waals surface area contributed by atoms with E-state index in [9.17, 15) is 13.2 Å². The topological polar surface area (TPSA) is 75.7 Å². The summed E-state index contributed by atoms with van der Waals surface area (Å²) in [4.78, 5) is 12.1. The largest absolute Gasteiger partial charge is 0.375 e. The average molecular weight is 391 g/mol. The van der Waals surface area contributed by atoms with Crippen LogP contribution in [0.4, 0.5) is 0 Å². The summed E-state index contributed by atoms with van der Waals surface area (Å²) >= 11 is 0. The molecule has 2 aromatic carbocycles. The molecule has 0 atom stereocenters. The van der Waals surface area contributed by atoms with E-state index in [1.807, 2.05) is 61.5 Å². The molecule has 0 saturated heterocycles. The normalized spacial score (nSPS) is 11.5. The van der Waals surface area contributed by atoms with Gasteiger partial charge in [-0.25, -0.2) is 8.42 Å². The van der Waals surface area contributed by atoms with Gasteiger partial charge in [0.15, 0.2) is 0 Å². The van der Waals surface area contributed by atoms with Crippen LogP contribution in [0.3, 0.4) is 0 Å². The summed E-state index contributed by atoms with van der Waals surface area (Å²) < 4.78 is 30.7. The van der Waals surface area contributed by atoms with E-state index in [0.717, 1.165) is 27.3 Å². The first-order valence-corrected chi connectivity index (χ1v) is 10.6. The minimum absolute atomic E-state index is 0.164. The molecule has 2 rings (SSSR count). The summed E-state index contributed by atoms with van der Waals surface area (Å²) in [5, 5.41) is 2.70. The van der Waals surface area contributed by atoms with Gasteiger partial charge in [0.1, 0.15) is 0 Å². The van der Waals surface area contributed by atoms with Gasteiger partial charge < -0.3 is 10.1 Å². The molecule has 27 heavy (non-hydrogen) atoms. The molecule has 0 spiro atoms. The van der Waals surface area contributed by atoms with Gasteiger partial charge in [-0.1, -0.05) is 60.2 Å². The lowest BCUT2D eigenvalue weighted by Crippen LogP contribution is -2.40. The van der Waals surface area contributed by atoms with Crippen LogP contribution in [-0.4, -0.2) is 44.6 Å². The Hall–Kier alpha value is -2.22. The van der Waals surface area contributed by atoms with Crippen molar-refractivity contribution < 1.29 is 17.9 Å². The number of carbonyl (C=O) groups is 1. The van der Waals surface area contributed by atoms with E-state index in [1.165, 1.54) is 0 Å². The van der Waals surface area contributed by atoms with Crippen molar-refractivity contribution in [1.82, 2.24) is 9.62 Å². The second-order valence-electron chi connectivity index (χ2n) is 6.40. The van der Waals surface area contributed by atoms with Crippen molar-refractivity contribution in [2.75, 3.05) is 26.0 Å². The van der Waals surface area contributed by atoms with Gasteiger partial charge in [-0.2, -0.15) is 4.31 Å². The standard InChI is InChI=1S/C20H26N2O4S/c1-17-8-10-18(11-9-17)14-22(27(2,24)25)15-20(23)21-12-13-26-16-19-6-4-3-5-7-19/h3-11H,12-16H2,1-2H3,(H,21,23). The molecule has 0 fully saturated rings. The maximum absolute atomic E-state index is 12.1. The van der Waals surface area contributed by atoms with Gasteiger partial charge in [0.25, 0.3) is 0 Å². The zero-order chi connectivity index (χ0) is 19.7. The van der Waals surface area contributed by atoms with Crippen molar-refractivity contribution in [3.8, 4) is 0 Å². The highest BCUT2D eigenvalue weighted by Crippen LogP contribution is 2.09. The molecule has 0 heterocycles. The number of hydrogen-bond acceptors (Lipinski definition) is 4. The maximum atomic E-state index is 12.1. The summed E-state index contributed by atoms with van der Waals surface area (Å²) in [6.07, 6.45) is 1.11. The molecule has 0 unspecified atom stereocenters. The van der Waals surface area contributed by atoms with Gasteiger partial charge in [0.2, 0.25) is 15.9 Å². The number of hydrogen-bond donors (Lipinski definition) is 1. The molecule has 7 heteroatoms. The Bertz CT molecular complexity index is 821. The van der Waals surface area contributed by atoms with Crippen molar-refractivity contribution in [3.63, 3.8) is 0 Å². The van der Waals surface area contributed by atoms with Gasteiger partial charge in [-0.15, -0.1) is 0 Å². The summed E-state index contributed by atoms with van der Waals surface area (Å²) in [6.45, 7) is 3.07. The lowest BCUT2D eigenvalue weighted by atomic mass is 10.1. The summed E-state index contributed by atoms with van der Waals surface area (Å²) in [5.74, 6) is -0.351. The molecule has 0 radical (unpaired) electrons. The highest BCUT2D eigenvalue weighted by atomic mass is 32.2. The smallest absolute Gasteiger partial charge is 0.235 e. The molecule has 0 aliphatic heterocycles. The van der Waals surface area contributed by atoms with Crippen LogP contribution in [0.1, 0.15) is 16.7 Å². The van der Waals surface area contributed by atoms with E-state index >= 15 is 0 Å². The maximum Gasteiger partial charge on any atom is 0.235 e. The Morgan fingerprint density at radius 2 is 1.70 bits per heavy atom. The number of nitrogens with zero attached hydrogens (tertiary/aromatic N) is 1. The third kappa shape index (κ3) is 7.90. The lowest BCUT2D eigenvalue weighted by Gasteiger charge is -2.19. The highest BCUT2D eigenvalue weighted by Gasteiger charge is 2.20. The minimum atomic E-state index is -3.50. The Morgan fingerprint density at radius 1 is 1.04 bits per heavy atom. The third-order valence-corrected chi connectivity index (χ3v) is 5.14. The Labute approximate surface area is 161 Å². The van der Waals surface area contributed by atoms with E-state index in [1.54, 1.807) is 0 Å². The monoisotopic (exact) mass is 390 g/mol. The fraction of sp³-hybridized carbons (Fsp3) is 0.350. The molecule has 6 nitrogen and oxygen atoms in total. The van der Waals surface area contributed by atoms with Crippen LogP contribution < -0.4 is 5.32 Å². The van der Waals surface area contributed by atoms with Crippen molar-refractivity contribution in [2.45, 2.75) is 20.1 Å². The van der Waals surface area contributed by atoms with Crippen molar-refractivity contribution >= 4 is 15.9 Å². The SMILES string of the molecule is Cc1ccc(CN(CC(=O)NCCOCc2ccccc2)S(C)(=O)=O)cc1. The first-order valence-electron chi connectivity index (χ1n) is 8.73. The molecule has 0 aliphatic rings. The summed E-state index contributed by atoms with van der Waals surface area (Å²) in [7, 11) is -3.50. The average Bonchev–Trinajstić information content (AvgIpc) is 2.63.